The first-order valence-corrected chi connectivity index (χ1v) is 9.01. The molecule has 1 saturated heterocycles. The monoisotopic (exact) mass is 319 g/mol. The molecule has 0 radical (unpaired) electrons. The van der Waals surface area contributed by atoms with Crippen LogP contribution in [0.5, 0.6) is 0 Å². The number of amides is 1. The zero-order valence-corrected chi connectivity index (χ0v) is 12.5. The summed E-state index contributed by atoms with van der Waals surface area (Å²) in [5.41, 5.74) is 0. The van der Waals surface area contributed by atoms with Crippen LogP contribution in [0.25, 0.3) is 0 Å². The number of halogens is 1. The SMILES string of the molecule is O=C(CSc1cccc(Cl)c1)N[C@H]1CCS(=O)(=O)C1. The highest BCUT2D eigenvalue weighted by Crippen LogP contribution is 2.21. The minimum atomic E-state index is -2.95. The zero-order chi connectivity index (χ0) is 13.9. The molecule has 1 atom stereocenters. The standard InChI is InChI=1S/C12H14ClNO3S2/c13-9-2-1-3-11(6-9)18-7-12(15)14-10-4-5-19(16,17)8-10/h1-3,6,10H,4-5,7-8H2,(H,14,15)/t10-/m0/s1. The van der Waals surface area contributed by atoms with E-state index in [1.54, 1.807) is 12.1 Å². The van der Waals surface area contributed by atoms with E-state index in [-0.39, 0.29) is 29.2 Å². The highest BCUT2D eigenvalue weighted by Gasteiger charge is 2.28. The first-order chi connectivity index (χ1) is 8.94. The number of carbonyl (C=O) groups excluding carboxylic acids is 1. The molecule has 7 heteroatoms. The molecule has 0 unspecified atom stereocenters. The molecule has 1 amide bonds. The second kappa shape index (κ2) is 6.15. The van der Waals surface area contributed by atoms with Gasteiger partial charge in [0.1, 0.15) is 0 Å². The molecule has 1 aromatic rings. The third kappa shape index (κ3) is 4.71. The first-order valence-electron chi connectivity index (χ1n) is 5.83. The molecule has 1 aliphatic rings. The molecule has 0 saturated carbocycles. The van der Waals surface area contributed by atoms with Crippen LogP contribution >= 0.6 is 23.4 Å². The van der Waals surface area contributed by atoms with Crippen LogP contribution in [0.4, 0.5) is 0 Å². The fraction of sp³-hybridized carbons (Fsp3) is 0.417. The van der Waals surface area contributed by atoms with Gasteiger partial charge in [0.05, 0.1) is 17.3 Å². The molecule has 0 bridgehead atoms. The van der Waals surface area contributed by atoms with Crippen molar-refractivity contribution >= 4 is 39.1 Å². The lowest BCUT2D eigenvalue weighted by atomic mass is 10.3. The lowest BCUT2D eigenvalue weighted by Crippen LogP contribution is -2.36. The minimum absolute atomic E-state index is 0.0561. The van der Waals surface area contributed by atoms with E-state index in [0.29, 0.717) is 11.4 Å². The van der Waals surface area contributed by atoms with E-state index in [4.69, 9.17) is 11.6 Å². The van der Waals surface area contributed by atoms with Crippen LogP contribution in [0.3, 0.4) is 0 Å². The van der Waals surface area contributed by atoms with Crippen LogP contribution in [0.1, 0.15) is 6.42 Å². The maximum Gasteiger partial charge on any atom is 0.230 e. The van der Waals surface area contributed by atoms with Crippen LogP contribution in [0, 0.1) is 0 Å². The Morgan fingerprint density at radius 3 is 2.89 bits per heavy atom. The summed E-state index contributed by atoms with van der Waals surface area (Å²) in [6.45, 7) is 0. The first kappa shape index (κ1) is 14.7. The average molecular weight is 320 g/mol. The van der Waals surface area contributed by atoms with E-state index in [0.717, 1.165) is 4.90 Å². The Morgan fingerprint density at radius 2 is 2.26 bits per heavy atom. The van der Waals surface area contributed by atoms with Crippen molar-refractivity contribution in [3.05, 3.63) is 29.3 Å². The largest absolute Gasteiger partial charge is 0.352 e. The van der Waals surface area contributed by atoms with E-state index in [1.165, 1.54) is 11.8 Å². The van der Waals surface area contributed by atoms with Gasteiger partial charge in [-0.15, -0.1) is 11.8 Å². The van der Waals surface area contributed by atoms with Crippen LogP contribution in [0.15, 0.2) is 29.2 Å². The molecular formula is C12H14ClNO3S2. The van der Waals surface area contributed by atoms with E-state index in [9.17, 15) is 13.2 Å². The van der Waals surface area contributed by atoms with Crippen LogP contribution in [-0.2, 0) is 14.6 Å². The van der Waals surface area contributed by atoms with Gasteiger partial charge in [-0.05, 0) is 24.6 Å². The second-order valence-electron chi connectivity index (χ2n) is 4.41. The van der Waals surface area contributed by atoms with E-state index >= 15 is 0 Å². The Bertz CT molecular complexity index is 574. The number of carbonyl (C=O) groups is 1. The van der Waals surface area contributed by atoms with Gasteiger partial charge in [-0.3, -0.25) is 4.79 Å². The Hall–Kier alpha value is -0.720. The van der Waals surface area contributed by atoms with Gasteiger partial charge >= 0.3 is 0 Å². The molecule has 0 spiro atoms. The smallest absolute Gasteiger partial charge is 0.230 e. The van der Waals surface area contributed by atoms with E-state index in [2.05, 4.69) is 5.32 Å². The number of hydrogen-bond acceptors (Lipinski definition) is 4. The van der Waals surface area contributed by atoms with Gasteiger partial charge < -0.3 is 5.32 Å². The van der Waals surface area contributed by atoms with Crippen LogP contribution in [0.2, 0.25) is 5.02 Å². The highest BCUT2D eigenvalue weighted by atomic mass is 35.5. The second-order valence-corrected chi connectivity index (χ2v) is 8.13. The molecule has 1 aromatic carbocycles. The minimum Gasteiger partial charge on any atom is -0.352 e. The zero-order valence-electron chi connectivity index (χ0n) is 10.1. The van der Waals surface area contributed by atoms with Crippen molar-refractivity contribution in [1.82, 2.24) is 5.32 Å². The van der Waals surface area contributed by atoms with Gasteiger partial charge in [-0.1, -0.05) is 17.7 Å². The quantitative estimate of drug-likeness (QED) is 0.859. The summed E-state index contributed by atoms with van der Waals surface area (Å²) in [7, 11) is -2.95. The summed E-state index contributed by atoms with van der Waals surface area (Å²) in [6, 6.07) is 7.03. The van der Waals surface area contributed by atoms with Gasteiger partial charge in [0.25, 0.3) is 0 Å². The molecule has 0 aromatic heterocycles. The molecule has 104 valence electrons. The molecule has 4 nitrogen and oxygen atoms in total. The van der Waals surface area contributed by atoms with Crippen molar-refractivity contribution in [2.24, 2.45) is 0 Å². The van der Waals surface area contributed by atoms with Gasteiger partial charge in [-0.25, -0.2) is 8.42 Å². The van der Waals surface area contributed by atoms with Crippen molar-refractivity contribution in [1.29, 1.82) is 0 Å². The summed E-state index contributed by atoms with van der Waals surface area (Å²) in [4.78, 5) is 12.6. The van der Waals surface area contributed by atoms with E-state index in [1.807, 2.05) is 12.1 Å². The molecule has 1 heterocycles. The summed E-state index contributed by atoms with van der Waals surface area (Å²) < 4.78 is 22.5. The number of hydrogen-bond donors (Lipinski definition) is 1. The number of sulfone groups is 1. The summed E-state index contributed by atoms with van der Waals surface area (Å²) in [6.07, 6.45) is 0.510. The van der Waals surface area contributed by atoms with Crippen molar-refractivity contribution < 1.29 is 13.2 Å². The Kier molecular flexibility index (Phi) is 4.76. The Labute approximate surface area is 121 Å². The molecule has 1 aliphatic heterocycles. The van der Waals surface area contributed by atoms with Crippen LogP contribution < -0.4 is 5.32 Å². The Balaban J connectivity index is 1.79. The highest BCUT2D eigenvalue weighted by molar-refractivity contribution is 8.00. The van der Waals surface area contributed by atoms with Gasteiger partial charge in [0, 0.05) is 16.0 Å². The van der Waals surface area contributed by atoms with Crippen molar-refractivity contribution in [2.75, 3.05) is 17.3 Å². The van der Waals surface area contributed by atoms with Crippen molar-refractivity contribution in [3.8, 4) is 0 Å². The summed E-state index contributed by atoms with van der Waals surface area (Å²) in [5.74, 6) is 0.337. The third-order valence-corrected chi connectivity index (χ3v) is 5.76. The molecule has 2 rings (SSSR count). The van der Waals surface area contributed by atoms with Gasteiger partial charge in [0.2, 0.25) is 5.91 Å². The molecule has 0 aliphatic carbocycles. The van der Waals surface area contributed by atoms with Crippen molar-refractivity contribution in [3.63, 3.8) is 0 Å². The molecule has 1 N–H and O–H groups in total. The van der Waals surface area contributed by atoms with Crippen molar-refractivity contribution in [2.45, 2.75) is 17.4 Å². The molecular weight excluding hydrogens is 306 g/mol. The number of thioether (sulfide) groups is 1. The topological polar surface area (TPSA) is 63.2 Å². The average Bonchev–Trinajstić information content (AvgIpc) is 2.66. The maximum absolute atomic E-state index is 11.7. The summed E-state index contributed by atoms with van der Waals surface area (Å²) in [5, 5.41) is 3.38. The van der Waals surface area contributed by atoms with Gasteiger partial charge in [0.15, 0.2) is 9.84 Å². The number of rotatable bonds is 4. The van der Waals surface area contributed by atoms with Crippen LogP contribution in [-0.4, -0.2) is 37.6 Å². The van der Waals surface area contributed by atoms with E-state index < -0.39 is 9.84 Å². The molecule has 19 heavy (non-hydrogen) atoms. The number of benzene rings is 1. The normalized spacial score (nSPS) is 21.2. The fourth-order valence-electron chi connectivity index (χ4n) is 1.88. The maximum atomic E-state index is 11.7. The lowest BCUT2D eigenvalue weighted by Gasteiger charge is -2.10. The van der Waals surface area contributed by atoms with Gasteiger partial charge in [-0.2, -0.15) is 0 Å². The fourth-order valence-corrected chi connectivity index (χ4v) is 4.58. The predicted molar refractivity (Wildman–Crippen MR) is 77.4 cm³/mol. The molecule has 1 fully saturated rings. The summed E-state index contributed by atoms with van der Waals surface area (Å²) >= 11 is 7.23. The predicted octanol–water partition coefficient (Wildman–Crippen LogP) is 1.74. The lowest BCUT2D eigenvalue weighted by molar-refractivity contribution is -0.119. The number of nitrogens with one attached hydrogen (secondary N) is 1. The third-order valence-electron chi connectivity index (χ3n) is 2.76. The Morgan fingerprint density at radius 1 is 1.47 bits per heavy atom.